The lowest BCUT2D eigenvalue weighted by atomic mass is 10.1. The Kier molecular flexibility index (Phi) is 3.51. The van der Waals surface area contributed by atoms with E-state index < -0.39 is 6.10 Å². The first-order valence-electron chi connectivity index (χ1n) is 5.25. The fourth-order valence-electron chi connectivity index (χ4n) is 1.66. The van der Waals surface area contributed by atoms with Crippen molar-refractivity contribution in [3.05, 3.63) is 29.7 Å². The highest BCUT2D eigenvalue weighted by molar-refractivity contribution is 7.98. The highest BCUT2D eigenvalue weighted by Gasteiger charge is 2.10. The summed E-state index contributed by atoms with van der Waals surface area (Å²) in [6, 6.07) is 5.68. The first-order chi connectivity index (χ1) is 7.70. The molecular weight excluding hydrogens is 222 g/mol. The number of aromatic nitrogens is 1. The number of hydrogen-bond donors (Lipinski definition) is 1. The molecular formula is C12H15NO2S. The van der Waals surface area contributed by atoms with Gasteiger partial charge < -0.3 is 9.52 Å². The van der Waals surface area contributed by atoms with Crippen LogP contribution in [-0.2, 0) is 0 Å². The molecule has 2 rings (SSSR count). The molecule has 0 fully saturated rings. The Bertz CT molecular complexity index is 481. The summed E-state index contributed by atoms with van der Waals surface area (Å²) >= 11 is 1.74. The molecule has 1 heterocycles. The van der Waals surface area contributed by atoms with E-state index in [-0.39, 0.29) is 0 Å². The summed E-state index contributed by atoms with van der Waals surface area (Å²) in [4.78, 5) is 4.22. The third kappa shape index (κ3) is 2.39. The van der Waals surface area contributed by atoms with Gasteiger partial charge in [0, 0.05) is 6.92 Å². The first kappa shape index (κ1) is 11.5. The summed E-state index contributed by atoms with van der Waals surface area (Å²) in [5.41, 5.74) is 2.49. The number of thioether (sulfide) groups is 1. The van der Waals surface area contributed by atoms with Crippen LogP contribution in [0.2, 0.25) is 0 Å². The summed E-state index contributed by atoms with van der Waals surface area (Å²) in [5.74, 6) is 1.61. The van der Waals surface area contributed by atoms with Crippen molar-refractivity contribution in [1.82, 2.24) is 4.98 Å². The molecule has 0 spiro atoms. The number of nitrogens with zero attached hydrogens (tertiary/aromatic N) is 1. The summed E-state index contributed by atoms with van der Waals surface area (Å²) in [6.45, 7) is 1.82. The van der Waals surface area contributed by atoms with Crippen LogP contribution in [0.15, 0.2) is 22.6 Å². The smallest absolute Gasteiger partial charge is 0.192 e. The van der Waals surface area contributed by atoms with Gasteiger partial charge in [0.25, 0.3) is 0 Å². The number of aryl methyl sites for hydroxylation is 1. The first-order valence-corrected chi connectivity index (χ1v) is 6.64. The molecule has 0 bridgehead atoms. The molecule has 86 valence electrons. The number of hydrogen-bond acceptors (Lipinski definition) is 4. The fourth-order valence-corrected chi connectivity index (χ4v) is 2.12. The van der Waals surface area contributed by atoms with E-state index in [2.05, 4.69) is 4.98 Å². The second kappa shape index (κ2) is 4.89. The maximum absolute atomic E-state index is 9.94. The zero-order valence-electron chi connectivity index (χ0n) is 9.43. The Balaban J connectivity index is 2.24. The molecule has 0 amide bonds. The van der Waals surface area contributed by atoms with Crippen molar-refractivity contribution in [1.29, 1.82) is 0 Å². The van der Waals surface area contributed by atoms with E-state index in [1.165, 1.54) is 0 Å². The van der Waals surface area contributed by atoms with Crippen molar-refractivity contribution in [2.75, 3.05) is 12.0 Å². The Morgan fingerprint density at radius 1 is 1.50 bits per heavy atom. The molecule has 1 atom stereocenters. The SMILES string of the molecule is CSCCC(O)c1ccc2nc(C)oc2c1. The van der Waals surface area contributed by atoms with Gasteiger partial charge in [-0.3, -0.25) is 0 Å². The predicted molar refractivity (Wildman–Crippen MR) is 66.7 cm³/mol. The lowest BCUT2D eigenvalue weighted by molar-refractivity contribution is 0.175. The molecule has 2 aromatic rings. The standard InChI is InChI=1S/C12H15NO2S/c1-8-13-10-4-3-9(7-12(10)15-8)11(14)5-6-16-2/h3-4,7,11,14H,5-6H2,1-2H3. The van der Waals surface area contributed by atoms with Gasteiger partial charge in [-0.2, -0.15) is 11.8 Å². The maximum atomic E-state index is 9.94. The molecule has 1 unspecified atom stereocenters. The molecule has 0 aliphatic rings. The van der Waals surface area contributed by atoms with Crippen molar-refractivity contribution in [2.45, 2.75) is 19.4 Å². The lowest BCUT2D eigenvalue weighted by Gasteiger charge is -2.09. The van der Waals surface area contributed by atoms with Crippen molar-refractivity contribution < 1.29 is 9.52 Å². The second-order valence-electron chi connectivity index (χ2n) is 3.76. The van der Waals surface area contributed by atoms with Crippen molar-refractivity contribution in [3.8, 4) is 0 Å². The molecule has 0 radical (unpaired) electrons. The number of benzene rings is 1. The third-order valence-electron chi connectivity index (χ3n) is 2.50. The molecule has 1 N–H and O–H groups in total. The third-order valence-corrected chi connectivity index (χ3v) is 3.14. The van der Waals surface area contributed by atoms with E-state index in [0.717, 1.165) is 28.8 Å². The summed E-state index contributed by atoms with van der Waals surface area (Å²) < 4.78 is 5.44. The van der Waals surface area contributed by atoms with E-state index in [1.54, 1.807) is 11.8 Å². The average molecular weight is 237 g/mol. The summed E-state index contributed by atoms with van der Waals surface area (Å²) in [6.07, 6.45) is 2.39. The van der Waals surface area contributed by atoms with Crippen LogP contribution >= 0.6 is 11.8 Å². The second-order valence-corrected chi connectivity index (χ2v) is 4.74. The Labute approximate surface area is 98.9 Å². The van der Waals surface area contributed by atoms with Gasteiger partial charge in [0.05, 0.1) is 6.10 Å². The van der Waals surface area contributed by atoms with E-state index in [4.69, 9.17) is 4.42 Å². The van der Waals surface area contributed by atoms with Gasteiger partial charge in [-0.25, -0.2) is 4.98 Å². The minimum Gasteiger partial charge on any atom is -0.441 e. The van der Waals surface area contributed by atoms with Crippen LogP contribution in [0.25, 0.3) is 11.1 Å². The topological polar surface area (TPSA) is 46.3 Å². The molecule has 3 nitrogen and oxygen atoms in total. The van der Waals surface area contributed by atoms with E-state index >= 15 is 0 Å². The molecule has 4 heteroatoms. The summed E-state index contributed by atoms with van der Waals surface area (Å²) in [5, 5.41) is 9.94. The van der Waals surface area contributed by atoms with E-state index in [9.17, 15) is 5.11 Å². The predicted octanol–water partition coefficient (Wildman–Crippen LogP) is 2.92. The van der Waals surface area contributed by atoms with Crippen LogP contribution in [0.3, 0.4) is 0 Å². The Morgan fingerprint density at radius 2 is 2.31 bits per heavy atom. The Hall–Kier alpha value is -1.00. The van der Waals surface area contributed by atoms with Crippen LogP contribution in [-0.4, -0.2) is 22.1 Å². The van der Waals surface area contributed by atoms with Gasteiger partial charge in [-0.1, -0.05) is 6.07 Å². The van der Waals surface area contributed by atoms with Gasteiger partial charge in [0.1, 0.15) is 5.52 Å². The lowest BCUT2D eigenvalue weighted by Crippen LogP contribution is -1.98. The number of rotatable bonds is 4. The monoisotopic (exact) mass is 237 g/mol. The minimum atomic E-state index is -0.415. The minimum absolute atomic E-state index is 0.415. The highest BCUT2D eigenvalue weighted by Crippen LogP contribution is 2.23. The number of oxazole rings is 1. The highest BCUT2D eigenvalue weighted by atomic mass is 32.2. The fraction of sp³-hybridized carbons (Fsp3) is 0.417. The van der Waals surface area contributed by atoms with Gasteiger partial charge in [0.2, 0.25) is 0 Å². The quantitative estimate of drug-likeness (QED) is 0.888. The number of aliphatic hydroxyl groups excluding tert-OH is 1. The molecule has 0 aliphatic carbocycles. The normalized spacial score (nSPS) is 13.2. The van der Waals surface area contributed by atoms with Crippen LogP contribution in [0.4, 0.5) is 0 Å². The Morgan fingerprint density at radius 3 is 3.06 bits per heavy atom. The van der Waals surface area contributed by atoms with Crippen molar-refractivity contribution in [2.24, 2.45) is 0 Å². The zero-order chi connectivity index (χ0) is 11.5. The van der Waals surface area contributed by atoms with Crippen molar-refractivity contribution >= 4 is 22.9 Å². The van der Waals surface area contributed by atoms with Crippen molar-refractivity contribution in [3.63, 3.8) is 0 Å². The average Bonchev–Trinajstić information content (AvgIpc) is 2.64. The van der Waals surface area contributed by atoms with Gasteiger partial charge in [-0.15, -0.1) is 0 Å². The van der Waals surface area contributed by atoms with Crippen LogP contribution in [0, 0.1) is 6.92 Å². The largest absolute Gasteiger partial charge is 0.441 e. The summed E-state index contributed by atoms with van der Waals surface area (Å²) in [7, 11) is 0. The maximum Gasteiger partial charge on any atom is 0.192 e. The van der Waals surface area contributed by atoms with Gasteiger partial charge >= 0.3 is 0 Å². The molecule has 16 heavy (non-hydrogen) atoms. The van der Waals surface area contributed by atoms with Gasteiger partial charge in [0.15, 0.2) is 11.5 Å². The zero-order valence-corrected chi connectivity index (χ0v) is 10.3. The van der Waals surface area contributed by atoms with Crippen LogP contribution < -0.4 is 0 Å². The van der Waals surface area contributed by atoms with E-state index in [1.807, 2.05) is 31.4 Å². The molecule has 1 aromatic carbocycles. The van der Waals surface area contributed by atoms with Gasteiger partial charge in [-0.05, 0) is 36.1 Å². The number of aliphatic hydroxyl groups is 1. The molecule has 1 aromatic heterocycles. The van der Waals surface area contributed by atoms with E-state index in [0.29, 0.717) is 5.89 Å². The van der Waals surface area contributed by atoms with Crippen LogP contribution in [0.5, 0.6) is 0 Å². The van der Waals surface area contributed by atoms with Crippen LogP contribution in [0.1, 0.15) is 24.0 Å². The number of fused-ring (bicyclic) bond motifs is 1. The molecule has 0 saturated heterocycles. The molecule has 0 aliphatic heterocycles. The molecule has 0 saturated carbocycles.